The van der Waals surface area contributed by atoms with Gasteiger partial charge in [0.1, 0.15) is 11.5 Å². The first-order chi connectivity index (χ1) is 13.1. The van der Waals surface area contributed by atoms with Crippen molar-refractivity contribution < 1.29 is 14.3 Å². The summed E-state index contributed by atoms with van der Waals surface area (Å²) in [5, 5.41) is 2.85. The molecular weight excluding hydrogens is 382 g/mol. The molecule has 0 aliphatic heterocycles. The molecule has 3 aromatic rings. The number of hydrogen-bond acceptors (Lipinski definition) is 7. The number of benzene rings is 2. The predicted octanol–water partition coefficient (Wildman–Crippen LogP) is 4.26. The number of nitrogens with one attached hydrogen (secondary N) is 1. The molecule has 0 bridgehead atoms. The number of hydrogen-bond donors (Lipinski definition) is 1. The van der Waals surface area contributed by atoms with E-state index in [1.807, 2.05) is 31.2 Å². The largest absolute Gasteiger partial charge is 0.497 e. The van der Waals surface area contributed by atoms with Crippen LogP contribution in [-0.4, -0.2) is 35.2 Å². The Bertz CT molecular complexity index is 943. The fraction of sp³-hybridized carbons (Fsp3) is 0.211. The van der Waals surface area contributed by atoms with Crippen molar-refractivity contribution in [3.63, 3.8) is 0 Å². The molecule has 0 aliphatic rings. The second kappa shape index (κ2) is 8.88. The monoisotopic (exact) mass is 401 g/mol. The molecule has 27 heavy (non-hydrogen) atoms. The molecule has 140 valence electrons. The molecule has 1 amide bonds. The Morgan fingerprint density at radius 3 is 2.78 bits per heavy atom. The van der Waals surface area contributed by atoms with Gasteiger partial charge in [0.25, 0.3) is 0 Å². The number of aromatic nitrogens is 2. The number of aryl methyl sites for hydroxylation is 1. The molecule has 0 fully saturated rings. The van der Waals surface area contributed by atoms with Gasteiger partial charge in [-0.1, -0.05) is 35.5 Å². The highest BCUT2D eigenvalue weighted by atomic mass is 32.2. The van der Waals surface area contributed by atoms with E-state index in [4.69, 9.17) is 9.47 Å². The lowest BCUT2D eigenvalue weighted by Crippen LogP contribution is -2.14. The average Bonchev–Trinajstić information content (AvgIpc) is 3.16. The minimum atomic E-state index is -0.143. The number of anilines is 1. The van der Waals surface area contributed by atoms with Crippen LogP contribution < -0.4 is 14.8 Å². The van der Waals surface area contributed by atoms with Gasteiger partial charge in [0.05, 0.1) is 25.7 Å². The third kappa shape index (κ3) is 4.99. The summed E-state index contributed by atoms with van der Waals surface area (Å²) >= 11 is 2.65. The lowest BCUT2D eigenvalue weighted by atomic mass is 10.1. The second-order valence-corrected chi connectivity index (χ2v) is 7.63. The van der Waals surface area contributed by atoms with Gasteiger partial charge in [0.2, 0.25) is 5.91 Å². The zero-order valence-electron chi connectivity index (χ0n) is 15.2. The van der Waals surface area contributed by atoms with Gasteiger partial charge in [-0.2, -0.15) is 4.37 Å². The van der Waals surface area contributed by atoms with Crippen LogP contribution in [0.25, 0.3) is 11.4 Å². The lowest BCUT2D eigenvalue weighted by Gasteiger charge is -2.11. The maximum absolute atomic E-state index is 12.3. The molecule has 0 unspecified atom stereocenters. The molecule has 1 N–H and O–H groups in total. The first kappa shape index (κ1) is 19.2. The van der Waals surface area contributed by atoms with Crippen molar-refractivity contribution in [2.24, 2.45) is 0 Å². The van der Waals surface area contributed by atoms with Crippen molar-refractivity contribution in [1.82, 2.24) is 9.36 Å². The summed E-state index contributed by atoms with van der Waals surface area (Å²) in [4.78, 5) is 16.8. The number of ether oxygens (including phenoxy) is 2. The van der Waals surface area contributed by atoms with Crippen LogP contribution in [0.2, 0.25) is 0 Å². The number of rotatable bonds is 7. The summed E-state index contributed by atoms with van der Waals surface area (Å²) in [5.41, 5.74) is 2.73. The normalized spacial score (nSPS) is 10.5. The van der Waals surface area contributed by atoms with Crippen molar-refractivity contribution >= 4 is 34.9 Å². The van der Waals surface area contributed by atoms with Crippen LogP contribution in [0.4, 0.5) is 5.69 Å². The summed E-state index contributed by atoms with van der Waals surface area (Å²) in [6, 6.07) is 13.3. The fourth-order valence-corrected chi connectivity index (χ4v) is 3.80. The number of methoxy groups -OCH3 is 2. The van der Waals surface area contributed by atoms with Crippen molar-refractivity contribution in [3.05, 3.63) is 48.0 Å². The van der Waals surface area contributed by atoms with Crippen molar-refractivity contribution in [2.75, 3.05) is 25.3 Å². The first-order valence-electron chi connectivity index (χ1n) is 8.14. The highest BCUT2D eigenvalue weighted by Crippen LogP contribution is 2.30. The molecular formula is C19H19N3O3S2. The van der Waals surface area contributed by atoms with Crippen molar-refractivity contribution in [2.45, 2.75) is 11.3 Å². The Kier molecular flexibility index (Phi) is 6.31. The van der Waals surface area contributed by atoms with E-state index in [1.165, 1.54) is 23.3 Å². The fourth-order valence-electron chi connectivity index (χ4n) is 2.38. The van der Waals surface area contributed by atoms with E-state index in [-0.39, 0.29) is 11.7 Å². The summed E-state index contributed by atoms with van der Waals surface area (Å²) in [5.74, 6) is 1.98. The molecule has 2 aromatic carbocycles. The van der Waals surface area contributed by atoms with Crippen LogP contribution in [0.5, 0.6) is 11.5 Å². The van der Waals surface area contributed by atoms with Gasteiger partial charge in [-0.15, -0.1) is 0 Å². The van der Waals surface area contributed by atoms with E-state index in [9.17, 15) is 4.79 Å². The topological polar surface area (TPSA) is 73.3 Å². The van der Waals surface area contributed by atoms with Crippen LogP contribution in [0.3, 0.4) is 0 Å². The predicted molar refractivity (Wildman–Crippen MR) is 109 cm³/mol. The lowest BCUT2D eigenvalue weighted by molar-refractivity contribution is -0.113. The summed E-state index contributed by atoms with van der Waals surface area (Å²) in [6.07, 6.45) is 0. The SMILES string of the molecule is COc1ccc(NC(=O)CSc2nc(-c3cccc(C)c3)ns2)c(OC)c1. The summed E-state index contributed by atoms with van der Waals surface area (Å²) in [6.45, 7) is 2.03. The third-order valence-electron chi connectivity index (χ3n) is 3.69. The molecule has 0 saturated carbocycles. The molecule has 0 aliphatic carbocycles. The number of carbonyl (C=O) groups excluding carboxylic acids is 1. The number of thioether (sulfide) groups is 1. The number of nitrogens with zero attached hydrogens (tertiary/aromatic N) is 2. The minimum absolute atomic E-state index is 0.143. The van der Waals surface area contributed by atoms with E-state index in [2.05, 4.69) is 14.7 Å². The zero-order chi connectivity index (χ0) is 19.2. The Hall–Kier alpha value is -2.58. The first-order valence-corrected chi connectivity index (χ1v) is 9.90. The van der Waals surface area contributed by atoms with E-state index in [0.29, 0.717) is 23.0 Å². The quantitative estimate of drug-likeness (QED) is 0.596. The molecule has 0 spiro atoms. The van der Waals surface area contributed by atoms with Gasteiger partial charge in [0, 0.05) is 11.6 Å². The number of amides is 1. The van der Waals surface area contributed by atoms with Crippen LogP contribution in [0.1, 0.15) is 5.56 Å². The highest BCUT2D eigenvalue weighted by molar-refractivity contribution is 8.01. The molecule has 0 atom stereocenters. The van der Waals surface area contributed by atoms with Crippen LogP contribution in [0.15, 0.2) is 46.8 Å². The van der Waals surface area contributed by atoms with Gasteiger partial charge in [0.15, 0.2) is 10.2 Å². The van der Waals surface area contributed by atoms with Crippen molar-refractivity contribution in [3.8, 4) is 22.9 Å². The zero-order valence-corrected chi connectivity index (χ0v) is 16.8. The Balaban J connectivity index is 1.60. The Morgan fingerprint density at radius 1 is 1.19 bits per heavy atom. The average molecular weight is 402 g/mol. The van der Waals surface area contributed by atoms with E-state index < -0.39 is 0 Å². The Morgan fingerprint density at radius 2 is 2.04 bits per heavy atom. The third-order valence-corrected chi connectivity index (χ3v) is 5.53. The molecule has 0 saturated heterocycles. The van der Waals surface area contributed by atoms with Gasteiger partial charge >= 0.3 is 0 Å². The second-order valence-electron chi connectivity index (χ2n) is 5.66. The molecule has 6 nitrogen and oxygen atoms in total. The molecule has 0 radical (unpaired) electrons. The molecule has 8 heteroatoms. The van der Waals surface area contributed by atoms with E-state index in [0.717, 1.165) is 15.5 Å². The van der Waals surface area contributed by atoms with Crippen LogP contribution in [0, 0.1) is 6.92 Å². The van der Waals surface area contributed by atoms with Gasteiger partial charge in [-0.05, 0) is 36.7 Å². The molecule has 3 rings (SSSR count). The highest BCUT2D eigenvalue weighted by Gasteiger charge is 2.12. The molecule has 1 heterocycles. The van der Waals surface area contributed by atoms with E-state index >= 15 is 0 Å². The van der Waals surface area contributed by atoms with Crippen molar-refractivity contribution in [1.29, 1.82) is 0 Å². The van der Waals surface area contributed by atoms with Crippen LogP contribution >= 0.6 is 23.3 Å². The van der Waals surface area contributed by atoms with Gasteiger partial charge < -0.3 is 14.8 Å². The summed E-state index contributed by atoms with van der Waals surface area (Å²) < 4.78 is 15.6. The van der Waals surface area contributed by atoms with E-state index in [1.54, 1.807) is 32.4 Å². The standard InChI is InChI=1S/C19H19N3O3S2/c1-12-5-4-6-13(9-12)18-21-19(27-22-18)26-11-17(23)20-15-8-7-14(24-2)10-16(15)25-3/h4-10H,11H2,1-3H3,(H,20,23). The van der Waals surface area contributed by atoms with Gasteiger partial charge in [-0.25, -0.2) is 4.98 Å². The van der Waals surface area contributed by atoms with Crippen LogP contribution in [-0.2, 0) is 4.79 Å². The summed E-state index contributed by atoms with van der Waals surface area (Å²) in [7, 11) is 3.13. The van der Waals surface area contributed by atoms with Gasteiger partial charge in [-0.3, -0.25) is 4.79 Å². The minimum Gasteiger partial charge on any atom is -0.497 e. The Labute approximate surface area is 166 Å². The number of carbonyl (C=O) groups is 1. The molecule has 1 aromatic heterocycles. The maximum Gasteiger partial charge on any atom is 0.234 e. The maximum atomic E-state index is 12.3. The smallest absolute Gasteiger partial charge is 0.234 e.